The lowest BCUT2D eigenvalue weighted by Gasteiger charge is -2.33. The first-order valence-corrected chi connectivity index (χ1v) is 29.4. The highest BCUT2D eigenvalue weighted by molar-refractivity contribution is 6.03. The minimum atomic E-state index is -0.824. The number of ether oxygens (including phenoxy) is 2. The van der Waals surface area contributed by atoms with E-state index in [2.05, 4.69) is 57.0 Å². The maximum atomic E-state index is 14.4. The quantitative estimate of drug-likeness (QED) is 0.0518. The summed E-state index contributed by atoms with van der Waals surface area (Å²) in [7, 11) is 0. The first kappa shape index (κ1) is 56.5. The van der Waals surface area contributed by atoms with Crippen LogP contribution in [0, 0.1) is 23.7 Å². The smallest absolute Gasteiger partial charge is 0.413 e. The van der Waals surface area contributed by atoms with Gasteiger partial charge in [0, 0.05) is 30.5 Å². The van der Waals surface area contributed by atoms with Crippen LogP contribution in [0.4, 0.5) is 9.59 Å². The number of carbonyl (C=O) groups excluding carboxylic acids is 5. The van der Waals surface area contributed by atoms with Crippen molar-refractivity contribution in [2.45, 2.75) is 149 Å². The Kier molecular flexibility index (Phi) is 16.8. The zero-order valence-corrected chi connectivity index (χ0v) is 48.1. The number of Topliss-reactive ketones (excluding diaryl/α,β-unsaturated/α-hetero) is 1. The van der Waals surface area contributed by atoms with Crippen LogP contribution in [0.15, 0.2) is 115 Å². The molecule has 4 amide bonds. The molecule has 3 aromatic carbocycles. The number of aromatic nitrogens is 4. The Morgan fingerprint density at radius 2 is 1.60 bits per heavy atom. The number of nitrogens with zero attached hydrogens (tertiary/aromatic N) is 4. The third-order valence-corrected chi connectivity index (χ3v) is 17.5. The van der Waals surface area contributed by atoms with Crippen molar-refractivity contribution < 1.29 is 33.4 Å². The molecule has 2 saturated carbocycles. The number of para-hydroxylation sites is 1. The van der Waals surface area contributed by atoms with Gasteiger partial charge >= 0.3 is 12.2 Å². The van der Waals surface area contributed by atoms with E-state index >= 15 is 0 Å². The Morgan fingerprint density at radius 1 is 0.877 bits per heavy atom. The molecule has 4 bridgehead atoms. The summed E-state index contributed by atoms with van der Waals surface area (Å²) in [5, 5.41) is 5.67. The number of carbonyl (C=O) groups is 5. The van der Waals surface area contributed by atoms with E-state index < -0.39 is 30.3 Å². The Bertz CT molecular complexity index is 3360. The van der Waals surface area contributed by atoms with Crippen molar-refractivity contribution in [2.24, 2.45) is 23.7 Å². The number of hydrogen-bond acceptors (Lipinski definition) is 9. The molecule has 424 valence electrons. The lowest BCUT2D eigenvalue weighted by atomic mass is 9.80. The number of H-pyrrole nitrogens is 2. The highest BCUT2D eigenvalue weighted by Gasteiger charge is 2.48. The number of allylic oxidation sites excluding steroid dienone is 9. The number of fused-ring (bicyclic) bond motifs is 8. The number of benzene rings is 3. The van der Waals surface area contributed by atoms with Crippen molar-refractivity contribution in [1.29, 1.82) is 0 Å². The normalized spacial score (nSPS) is 21.8. The molecule has 5 aromatic rings. The van der Waals surface area contributed by atoms with Gasteiger partial charge in [-0.05, 0) is 172 Å². The number of amides is 4. The van der Waals surface area contributed by atoms with Gasteiger partial charge in [0.2, 0.25) is 11.8 Å². The molecule has 1 aliphatic heterocycles. The monoisotopic (exact) mass is 1090 g/mol. The van der Waals surface area contributed by atoms with E-state index in [1.807, 2.05) is 77.8 Å². The van der Waals surface area contributed by atoms with Crippen LogP contribution in [0.1, 0.15) is 171 Å². The lowest BCUT2D eigenvalue weighted by molar-refractivity contribution is -0.137. The summed E-state index contributed by atoms with van der Waals surface area (Å²) in [5.41, 5.74) is 11.3. The number of ketones is 1. The molecule has 2 aromatic heterocycles. The molecule has 4 aliphatic carbocycles. The predicted octanol–water partition coefficient (Wildman–Crippen LogP) is 13.3. The fourth-order valence-electron chi connectivity index (χ4n) is 13.4. The van der Waals surface area contributed by atoms with E-state index in [-0.39, 0.29) is 47.3 Å². The second kappa shape index (κ2) is 24.1. The Morgan fingerprint density at radius 3 is 2.32 bits per heavy atom. The molecule has 5 aliphatic rings. The van der Waals surface area contributed by atoms with E-state index in [0.29, 0.717) is 54.5 Å². The number of imidazole rings is 2. The highest BCUT2D eigenvalue weighted by atomic mass is 16.6. The third-order valence-electron chi connectivity index (χ3n) is 17.5. The molecule has 15 heteroatoms. The largest absolute Gasteiger partial charge is 0.415 e. The van der Waals surface area contributed by atoms with Crippen molar-refractivity contribution in [3.05, 3.63) is 149 Å². The summed E-state index contributed by atoms with van der Waals surface area (Å²) >= 11 is 0. The van der Waals surface area contributed by atoms with Gasteiger partial charge in [0.25, 0.3) is 0 Å². The van der Waals surface area contributed by atoms with Crippen molar-refractivity contribution in [1.82, 2.24) is 40.4 Å². The molecule has 0 spiro atoms. The molecule has 10 rings (SSSR count). The number of nitrogens with one attached hydrogen (secondary N) is 4. The van der Waals surface area contributed by atoms with Crippen LogP contribution in [0.2, 0.25) is 0 Å². The topological polar surface area (TPSA) is 192 Å². The van der Waals surface area contributed by atoms with Crippen molar-refractivity contribution >= 4 is 52.0 Å². The fraction of sp³-hybridized carbons (Fsp3) is 0.439. The molecule has 81 heavy (non-hydrogen) atoms. The molecule has 4 N–H and O–H groups in total. The number of alkyl carbamates (subject to hydrolysis) is 1. The van der Waals surface area contributed by atoms with Gasteiger partial charge in [0.15, 0.2) is 0 Å². The van der Waals surface area contributed by atoms with E-state index in [4.69, 9.17) is 26.0 Å². The number of likely N-dealkylation sites (tertiary alicyclic amines) is 1. The van der Waals surface area contributed by atoms with E-state index in [1.165, 1.54) is 5.57 Å². The summed E-state index contributed by atoms with van der Waals surface area (Å²) in [6.45, 7) is 20.9. The van der Waals surface area contributed by atoms with Crippen molar-refractivity contribution in [3.63, 3.8) is 0 Å². The molecular formula is C66H78N8O7. The summed E-state index contributed by atoms with van der Waals surface area (Å²) in [4.78, 5) is 89.8. The second-order valence-electron chi connectivity index (χ2n) is 23.4. The zero-order chi connectivity index (χ0) is 57.2. The Hall–Kier alpha value is -7.81. The number of aromatic amines is 2. The van der Waals surface area contributed by atoms with Crippen LogP contribution < -0.4 is 15.4 Å². The number of hydrogen-bond donors (Lipinski definition) is 4. The van der Waals surface area contributed by atoms with Crippen LogP contribution in [-0.4, -0.2) is 84.7 Å². The van der Waals surface area contributed by atoms with Gasteiger partial charge in [0.1, 0.15) is 41.0 Å². The predicted molar refractivity (Wildman–Crippen MR) is 316 cm³/mol. The first-order valence-electron chi connectivity index (χ1n) is 29.4. The first-order chi connectivity index (χ1) is 39.1. The number of rotatable bonds is 17. The molecule has 8 atom stereocenters. The minimum absolute atomic E-state index is 0.165. The average molecular weight is 1100 g/mol. The van der Waals surface area contributed by atoms with Crippen molar-refractivity contribution in [3.8, 4) is 17.0 Å². The van der Waals surface area contributed by atoms with E-state index in [9.17, 15) is 24.0 Å². The zero-order valence-electron chi connectivity index (χ0n) is 48.1. The summed E-state index contributed by atoms with van der Waals surface area (Å²) in [6.07, 6.45) is 18.2. The summed E-state index contributed by atoms with van der Waals surface area (Å²) in [6, 6.07) is 17.3. The molecule has 15 nitrogen and oxygen atoms in total. The Labute approximate surface area is 475 Å². The molecule has 8 unspecified atom stereocenters. The standard InChI is InChI=1S/C66H78N8O7/c1-10-13-18-39(8)80-65(78)71-58(37(4)5)63(76)73(12-3)54(11-2)61-67-36-53(70-61)48-28-27-47(56-49-29-30-50(57(48)56)60(49)75)43-24-26-46(40(9)42-23-22-41(33-42)34-43)44-25-31-51-52(35-44)69-62(68-51)55-21-17-32-74(55)64(77)59(38(6)7)72-66(79)81-45-19-15-14-16-20-45/h10,13-16,18-20,24-28,31,35-38,41-42,49-50,54-55,58-59H,9,11-12,17,21-23,29-30,32-34H2,1-8H3,(H,67,70)(H,68,69)(H,71,78)(H,72,79). The lowest BCUT2D eigenvalue weighted by Crippen LogP contribution is -2.52. The van der Waals surface area contributed by atoms with Gasteiger partial charge in [-0.25, -0.2) is 19.6 Å². The number of likely N-dealkylation sites (N-methyl/N-ethyl adjacent to an activating group) is 1. The van der Waals surface area contributed by atoms with Crippen LogP contribution in [-0.2, 0) is 19.1 Å². The van der Waals surface area contributed by atoms with Gasteiger partial charge in [-0.15, -0.1) is 0 Å². The van der Waals surface area contributed by atoms with Gasteiger partial charge in [0.05, 0.1) is 35.0 Å². The SMILES string of the molecule is C=C1C(c2ccc3nc(C4CCCN4C(=O)C(NC(=O)Oc4ccccc4)C(C)C)[nH]c3c2)=CC=C(c2ccc(-c3cnc(C(CC)N(CC)C(=O)C(NC(=O)OC(C)=CC=CC)C(C)C)[nH]3)c3c2C2CCC3C2=O)CC2CCC1C2. The second-order valence-corrected chi connectivity index (χ2v) is 23.4. The minimum Gasteiger partial charge on any atom is -0.415 e. The van der Waals surface area contributed by atoms with E-state index in [0.717, 1.165) is 107 Å². The van der Waals surface area contributed by atoms with Gasteiger partial charge < -0.3 is 39.9 Å². The fourth-order valence-corrected chi connectivity index (χ4v) is 13.4. The molecular weight excluding hydrogens is 1020 g/mol. The van der Waals surface area contributed by atoms with Crippen LogP contribution in [0.3, 0.4) is 0 Å². The van der Waals surface area contributed by atoms with Gasteiger partial charge in [-0.1, -0.05) is 102 Å². The maximum absolute atomic E-state index is 14.4. The average Bonchev–Trinajstić information content (AvgIpc) is 4.53. The molecule has 3 fully saturated rings. The van der Waals surface area contributed by atoms with Gasteiger partial charge in [-0.2, -0.15) is 0 Å². The molecule has 1 saturated heterocycles. The molecule has 0 radical (unpaired) electrons. The van der Waals surface area contributed by atoms with Crippen LogP contribution in [0.25, 0.3) is 33.4 Å². The Balaban J connectivity index is 0.925. The van der Waals surface area contributed by atoms with Crippen molar-refractivity contribution in [2.75, 3.05) is 13.1 Å². The van der Waals surface area contributed by atoms with Crippen LogP contribution >= 0.6 is 0 Å². The van der Waals surface area contributed by atoms with Crippen LogP contribution in [0.5, 0.6) is 5.75 Å². The maximum Gasteiger partial charge on any atom is 0.413 e. The highest BCUT2D eigenvalue weighted by Crippen LogP contribution is 2.56. The summed E-state index contributed by atoms with van der Waals surface area (Å²) in [5.74, 6) is 2.12. The third kappa shape index (κ3) is 11.5. The van der Waals surface area contributed by atoms with Gasteiger partial charge in [-0.3, -0.25) is 14.4 Å². The molecule has 3 heterocycles. The van der Waals surface area contributed by atoms with E-state index in [1.54, 1.807) is 48.2 Å². The summed E-state index contributed by atoms with van der Waals surface area (Å²) < 4.78 is 11.0.